The van der Waals surface area contributed by atoms with Gasteiger partial charge in [0.25, 0.3) is 0 Å². The molecule has 0 aliphatic rings. The minimum absolute atomic E-state index is 0.455. The Hall–Kier alpha value is -1.00. The molecular weight excluding hydrogens is 236 g/mol. The number of nitrogens with one attached hydrogen (secondary N) is 2. The number of hydrogen-bond donors (Lipinski definition) is 2. The van der Waals surface area contributed by atoms with Crippen LogP contribution in [0, 0.1) is 12.8 Å². The topological polar surface area (TPSA) is 49.8 Å². The number of aryl methyl sites for hydroxylation is 2. The molecule has 0 fully saturated rings. The fourth-order valence-corrected chi connectivity index (χ4v) is 1.96. The first-order valence-electron chi connectivity index (χ1n) is 7.29. The van der Waals surface area contributed by atoms with Crippen LogP contribution >= 0.6 is 0 Å². The summed E-state index contributed by atoms with van der Waals surface area (Å²) < 4.78 is 0. The van der Waals surface area contributed by atoms with E-state index in [1.807, 2.05) is 6.92 Å². The molecular formula is C15H28N4. The second kappa shape index (κ2) is 8.23. The molecule has 0 saturated heterocycles. The molecule has 0 saturated carbocycles. The number of nitrogens with zero attached hydrogens (tertiary/aromatic N) is 2. The molecule has 1 heterocycles. The Bertz CT molecular complexity index is 376. The monoisotopic (exact) mass is 264 g/mol. The van der Waals surface area contributed by atoms with Gasteiger partial charge >= 0.3 is 0 Å². The van der Waals surface area contributed by atoms with Crippen molar-refractivity contribution in [2.75, 3.05) is 13.1 Å². The molecule has 0 aliphatic heterocycles. The van der Waals surface area contributed by atoms with Crippen molar-refractivity contribution in [2.24, 2.45) is 5.92 Å². The normalized spacial score (nSPS) is 12.9. The van der Waals surface area contributed by atoms with E-state index in [4.69, 9.17) is 0 Å². The molecule has 4 nitrogen and oxygen atoms in total. The third kappa shape index (κ3) is 6.12. The van der Waals surface area contributed by atoms with Crippen molar-refractivity contribution in [2.45, 2.75) is 53.6 Å². The molecule has 4 heteroatoms. The summed E-state index contributed by atoms with van der Waals surface area (Å²) in [5.74, 6) is 0.700. The van der Waals surface area contributed by atoms with E-state index in [0.717, 1.165) is 37.4 Å². The largest absolute Gasteiger partial charge is 0.315 e. The Morgan fingerprint density at radius 3 is 2.53 bits per heavy atom. The lowest BCUT2D eigenvalue weighted by Crippen LogP contribution is -2.37. The average Bonchev–Trinajstić information content (AvgIpc) is 2.36. The minimum Gasteiger partial charge on any atom is -0.315 e. The van der Waals surface area contributed by atoms with Crippen molar-refractivity contribution < 1.29 is 0 Å². The standard InChI is InChI=1S/C15H28N4/c1-6-15-14(7-12(4)18-19-15)10-17-13(5)9-16-8-11(2)3/h7,11,13,16-17H,6,8-10H2,1-5H3. The maximum absolute atomic E-state index is 4.25. The Morgan fingerprint density at radius 2 is 1.89 bits per heavy atom. The van der Waals surface area contributed by atoms with Crippen molar-refractivity contribution in [3.63, 3.8) is 0 Å². The second-order valence-electron chi connectivity index (χ2n) is 5.65. The van der Waals surface area contributed by atoms with E-state index in [1.165, 1.54) is 5.56 Å². The van der Waals surface area contributed by atoms with Gasteiger partial charge in [0.05, 0.1) is 11.4 Å². The van der Waals surface area contributed by atoms with Gasteiger partial charge in [0, 0.05) is 19.1 Å². The lowest BCUT2D eigenvalue weighted by Gasteiger charge is -2.16. The average molecular weight is 264 g/mol. The summed E-state index contributed by atoms with van der Waals surface area (Å²) in [6.45, 7) is 13.7. The highest BCUT2D eigenvalue weighted by molar-refractivity contribution is 5.20. The highest BCUT2D eigenvalue weighted by Crippen LogP contribution is 2.07. The molecule has 1 unspecified atom stereocenters. The van der Waals surface area contributed by atoms with Crippen LogP contribution in [0.3, 0.4) is 0 Å². The minimum atomic E-state index is 0.455. The first-order chi connectivity index (χ1) is 9.02. The van der Waals surface area contributed by atoms with E-state index in [9.17, 15) is 0 Å². The lowest BCUT2D eigenvalue weighted by atomic mass is 10.1. The molecule has 0 aromatic carbocycles. The molecule has 1 aromatic rings. The van der Waals surface area contributed by atoms with Gasteiger partial charge in [0.15, 0.2) is 0 Å². The molecule has 0 spiro atoms. The highest BCUT2D eigenvalue weighted by atomic mass is 15.1. The Balaban J connectivity index is 2.41. The summed E-state index contributed by atoms with van der Waals surface area (Å²) in [6.07, 6.45) is 0.935. The fourth-order valence-electron chi connectivity index (χ4n) is 1.96. The summed E-state index contributed by atoms with van der Waals surface area (Å²) in [5, 5.41) is 15.4. The van der Waals surface area contributed by atoms with Crippen LogP contribution in [-0.2, 0) is 13.0 Å². The van der Waals surface area contributed by atoms with Crippen LogP contribution in [0.15, 0.2) is 6.07 Å². The third-order valence-electron chi connectivity index (χ3n) is 3.06. The van der Waals surface area contributed by atoms with E-state index in [2.05, 4.69) is 54.6 Å². The van der Waals surface area contributed by atoms with Crippen LogP contribution in [0.2, 0.25) is 0 Å². The van der Waals surface area contributed by atoms with Crippen LogP contribution < -0.4 is 10.6 Å². The summed E-state index contributed by atoms with van der Waals surface area (Å²) in [7, 11) is 0. The summed E-state index contributed by atoms with van der Waals surface area (Å²) >= 11 is 0. The van der Waals surface area contributed by atoms with Gasteiger partial charge in [-0.15, -0.1) is 0 Å². The molecule has 0 aliphatic carbocycles. The molecule has 1 aromatic heterocycles. The van der Waals surface area contributed by atoms with E-state index < -0.39 is 0 Å². The van der Waals surface area contributed by atoms with E-state index in [1.54, 1.807) is 0 Å². The summed E-state index contributed by atoms with van der Waals surface area (Å²) in [4.78, 5) is 0. The van der Waals surface area contributed by atoms with Crippen LogP contribution in [0.25, 0.3) is 0 Å². The van der Waals surface area contributed by atoms with Gasteiger partial charge in [-0.05, 0) is 44.4 Å². The smallest absolute Gasteiger partial charge is 0.0673 e. The van der Waals surface area contributed by atoms with Gasteiger partial charge in [-0.1, -0.05) is 20.8 Å². The number of hydrogen-bond acceptors (Lipinski definition) is 4. The van der Waals surface area contributed by atoms with E-state index in [0.29, 0.717) is 12.0 Å². The van der Waals surface area contributed by atoms with Crippen molar-refractivity contribution in [1.29, 1.82) is 0 Å². The zero-order chi connectivity index (χ0) is 14.3. The van der Waals surface area contributed by atoms with Crippen molar-refractivity contribution in [1.82, 2.24) is 20.8 Å². The predicted molar refractivity (Wildman–Crippen MR) is 80.2 cm³/mol. The Labute approximate surface area is 117 Å². The zero-order valence-electron chi connectivity index (χ0n) is 13.0. The first kappa shape index (κ1) is 16.1. The number of aromatic nitrogens is 2. The first-order valence-corrected chi connectivity index (χ1v) is 7.29. The van der Waals surface area contributed by atoms with Gasteiger partial charge in [0.1, 0.15) is 0 Å². The quantitative estimate of drug-likeness (QED) is 0.755. The molecule has 0 bridgehead atoms. The van der Waals surface area contributed by atoms with Crippen LogP contribution in [0.1, 0.15) is 44.6 Å². The predicted octanol–water partition coefficient (Wildman–Crippen LogP) is 2.07. The highest BCUT2D eigenvalue weighted by Gasteiger charge is 2.06. The molecule has 108 valence electrons. The van der Waals surface area contributed by atoms with E-state index in [-0.39, 0.29) is 0 Å². The SMILES string of the molecule is CCc1nnc(C)cc1CNC(C)CNCC(C)C. The fraction of sp³-hybridized carbons (Fsp3) is 0.733. The Kier molecular flexibility index (Phi) is 6.95. The van der Waals surface area contributed by atoms with Crippen LogP contribution in [0.5, 0.6) is 0 Å². The van der Waals surface area contributed by atoms with Gasteiger partial charge in [-0.3, -0.25) is 0 Å². The van der Waals surface area contributed by atoms with Crippen molar-refractivity contribution >= 4 is 0 Å². The molecule has 1 atom stereocenters. The second-order valence-corrected chi connectivity index (χ2v) is 5.65. The summed E-state index contributed by atoms with van der Waals surface area (Å²) in [6, 6.07) is 2.59. The van der Waals surface area contributed by atoms with Gasteiger partial charge in [-0.25, -0.2) is 0 Å². The zero-order valence-corrected chi connectivity index (χ0v) is 13.0. The molecule has 0 amide bonds. The van der Waals surface area contributed by atoms with Crippen LogP contribution in [-0.4, -0.2) is 29.3 Å². The van der Waals surface area contributed by atoms with Gasteiger partial charge < -0.3 is 10.6 Å². The van der Waals surface area contributed by atoms with Crippen molar-refractivity contribution in [3.05, 3.63) is 23.0 Å². The van der Waals surface area contributed by atoms with Gasteiger partial charge in [0.2, 0.25) is 0 Å². The third-order valence-corrected chi connectivity index (χ3v) is 3.06. The molecule has 0 radical (unpaired) electrons. The molecule has 19 heavy (non-hydrogen) atoms. The number of rotatable bonds is 8. The van der Waals surface area contributed by atoms with Crippen molar-refractivity contribution in [3.8, 4) is 0 Å². The lowest BCUT2D eigenvalue weighted by molar-refractivity contribution is 0.471. The maximum atomic E-state index is 4.25. The van der Waals surface area contributed by atoms with Crippen LogP contribution in [0.4, 0.5) is 0 Å². The molecule has 1 rings (SSSR count). The summed E-state index contributed by atoms with van der Waals surface area (Å²) in [5.41, 5.74) is 3.35. The Morgan fingerprint density at radius 1 is 1.16 bits per heavy atom. The maximum Gasteiger partial charge on any atom is 0.0673 e. The molecule has 2 N–H and O–H groups in total. The van der Waals surface area contributed by atoms with E-state index >= 15 is 0 Å². The van der Waals surface area contributed by atoms with Gasteiger partial charge in [-0.2, -0.15) is 10.2 Å².